The van der Waals surface area contributed by atoms with Crippen LogP contribution in [0.2, 0.25) is 10.0 Å². The van der Waals surface area contributed by atoms with Gasteiger partial charge < -0.3 is 10.1 Å². The largest absolute Gasteiger partial charge is 0.467 e. The standard InChI is InChI=1S/C19H19Cl2NO3/c1-25-19(24)17(12-14-15(20)8-5-9-16(14)21)22-18(23)11-10-13-6-3-2-4-7-13/h2-9,17H,10-12H2,1H3,(H,22,23)/t17-/m1/s1. The Kier molecular flexibility index (Phi) is 7.29. The molecule has 2 rings (SSSR count). The molecule has 2 aromatic carbocycles. The summed E-state index contributed by atoms with van der Waals surface area (Å²) in [7, 11) is 1.28. The molecule has 0 aliphatic rings. The summed E-state index contributed by atoms with van der Waals surface area (Å²) in [5.41, 5.74) is 1.66. The van der Waals surface area contributed by atoms with Crippen molar-refractivity contribution in [1.29, 1.82) is 0 Å². The van der Waals surface area contributed by atoms with Gasteiger partial charge in [0.2, 0.25) is 5.91 Å². The summed E-state index contributed by atoms with van der Waals surface area (Å²) in [5.74, 6) is -0.772. The Balaban J connectivity index is 2.02. The molecule has 0 aliphatic heterocycles. The molecule has 0 aromatic heterocycles. The monoisotopic (exact) mass is 379 g/mol. The van der Waals surface area contributed by atoms with Crippen LogP contribution in [0.4, 0.5) is 0 Å². The first-order chi connectivity index (χ1) is 12.0. The van der Waals surface area contributed by atoms with E-state index >= 15 is 0 Å². The Morgan fingerprint density at radius 2 is 1.68 bits per heavy atom. The zero-order valence-electron chi connectivity index (χ0n) is 13.8. The first kappa shape index (κ1) is 19.3. The number of ether oxygens (including phenoxy) is 1. The Morgan fingerprint density at radius 1 is 1.04 bits per heavy atom. The van der Waals surface area contributed by atoms with Crippen LogP contribution in [0.5, 0.6) is 0 Å². The molecule has 1 N–H and O–H groups in total. The van der Waals surface area contributed by atoms with Crippen LogP contribution in [0.1, 0.15) is 17.5 Å². The van der Waals surface area contributed by atoms with E-state index in [1.165, 1.54) is 7.11 Å². The van der Waals surface area contributed by atoms with Crippen LogP contribution in [-0.2, 0) is 27.2 Å². The topological polar surface area (TPSA) is 55.4 Å². The number of rotatable bonds is 7. The van der Waals surface area contributed by atoms with Crippen molar-refractivity contribution in [3.63, 3.8) is 0 Å². The van der Waals surface area contributed by atoms with E-state index in [1.54, 1.807) is 18.2 Å². The lowest BCUT2D eigenvalue weighted by atomic mass is 10.0. The normalized spacial score (nSPS) is 11.6. The molecule has 0 aliphatic carbocycles. The predicted molar refractivity (Wildman–Crippen MR) is 98.9 cm³/mol. The molecule has 25 heavy (non-hydrogen) atoms. The highest BCUT2D eigenvalue weighted by molar-refractivity contribution is 6.36. The molecule has 0 saturated carbocycles. The van der Waals surface area contributed by atoms with Gasteiger partial charge in [-0.25, -0.2) is 4.79 Å². The Labute approximate surface area is 157 Å². The van der Waals surface area contributed by atoms with Crippen LogP contribution in [0, 0.1) is 0 Å². The summed E-state index contributed by atoms with van der Waals surface area (Å²) in [6.07, 6.45) is 1.03. The number of methoxy groups -OCH3 is 1. The zero-order chi connectivity index (χ0) is 18.2. The van der Waals surface area contributed by atoms with E-state index in [0.717, 1.165) is 5.56 Å². The van der Waals surface area contributed by atoms with Gasteiger partial charge in [0.15, 0.2) is 0 Å². The van der Waals surface area contributed by atoms with Gasteiger partial charge in [0.1, 0.15) is 6.04 Å². The maximum absolute atomic E-state index is 12.2. The van der Waals surface area contributed by atoms with Gasteiger partial charge in [-0.05, 0) is 29.7 Å². The average molecular weight is 380 g/mol. The van der Waals surface area contributed by atoms with Crippen molar-refractivity contribution >= 4 is 35.1 Å². The van der Waals surface area contributed by atoms with Crippen molar-refractivity contribution in [2.24, 2.45) is 0 Å². The minimum Gasteiger partial charge on any atom is -0.467 e. The Bertz CT molecular complexity index is 714. The van der Waals surface area contributed by atoms with Gasteiger partial charge >= 0.3 is 5.97 Å². The van der Waals surface area contributed by atoms with E-state index < -0.39 is 12.0 Å². The van der Waals surface area contributed by atoms with Crippen molar-refractivity contribution in [3.8, 4) is 0 Å². The summed E-state index contributed by atoms with van der Waals surface area (Å²) in [6.45, 7) is 0. The summed E-state index contributed by atoms with van der Waals surface area (Å²) < 4.78 is 4.79. The van der Waals surface area contributed by atoms with E-state index in [9.17, 15) is 9.59 Å². The van der Waals surface area contributed by atoms with Gasteiger partial charge in [-0.2, -0.15) is 0 Å². The molecule has 0 unspecified atom stereocenters. The molecule has 0 heterocycles. The molecular formula is C19H19Cl2NO3. The van der Waals surface area contributed by atoms with Crippen LogP contribution in [0.25, 0.3) is 0 Å². The second-order valence-corrected chi connectivity index (χ2v) is 6.35. The average Bonchev–Trinajstić information content (AvgIpc) is 2.62. The fourth-order valence-corrected chi connectivity index (χ4v) is 2.99. The highest BCUT2D eigenvalue weighted by Crippen LogP contribution is 2.25. The third-order valence-electron chi connectivity index (χ3n) is 3.77. The van der Waals surface area contributed by atoms with Gasteiger partial charge in [-0.3, -0.25) is 4.79 Å². The second kappa shape index (κ2) is 9.44. The first-order valence-electron chi connectivity index (χ1n) is 7.85. The minimum atomic E-state index is -0.842. The number of nitrogens with one attached hydrogen (secondary N) is 1. The van der Waals surface area contributed by atoms with Crippen molar-refractivity contribution < 1.29 is 14.3 Å². The van der Waals surface area contributed by atoms with Crippen molar-refractivity contribution in [2.45, 2.75) is 25.3 Å². The molecule has 132 valence electrons. The minimum absolute atomic E-state index is 0.169. The molecule has 1 amide bonds. The van der Waals surface area contributed by atoms with Gasteiger partial charge in [0, 0.05) is 22.9 Å². The Hall–Kier alpha value is -2.04. The van der Waals surface area contributed by atoms with Crippen LogP contribution in [0.3, 0.4) is 0 Å². The van der Waals surface area contributed by atoms with Crippen molar-refractivity contribution in [2.75, 3.05) is 7.11 Å². The van der Waals surface area contributed by atoms with E-state index in [1.807, 2.05) is 30.3 Å². The lowest BCUT2D eigenvalue weighted by molar-refractivity contribution is -0.145. The number of benzene rings is 2. The van der Waals surface area contributed by atoms with Crippen molar-refractivity contribution in [1.82, 2.24) is 5.32 Å². The van der Waals surface area contributed by atoms with Gasteiger partial charge in [-0.15, -0.1) is 0 Å². The van der Waals surface area contributed by atoms with Crippen molar-refractivity contribution in [3.05, 3.63) is 69.7 Å². The van der Waals surface area contributed by atoms with Crippen LogP contribution in [-0.4, -0.2) is 25.0 Å². The molecule has 6 heteroatoms. The maximum atomic E-state index is 12.2. The smallest absolute Gasteiger partial charge is 0.328 e. The lowest BCUT2D eigenvalue weighted by Gasteiger charge is -2.18. The van der Waals surface area contributed by atoms with Crippen LogP contribution in [0.15, 0.2) is 48.5 Å². The number of aryl methyl sites for hydroxylation is 1. The fourth-order valence-electron chi connectivity index (χ4n) is 2.44. The summed E-state index contributed by atoms with van der Waals surface area (Å²) in [6, 6.07) is 13.9. The van der Waals surface area contributed by atoms with Gasteiger partial charge in [0.05, 0.1) is 7.11 Å². The summed E-state index contributed by atoms with van der Waals surface area (Å²) >= 11 is 12.3. The van der Waals surface area contributed by atoms with Gasteiger partial charge in [0.25, 0.3) is 0 Å². The van der Waals surface area contributed by atoms with E-state index in [2.05, 4.69) is 5.32 Å². The quantitative estimate of drug-likeness (QED) is 0.743. The molecule has 0 saturated heterocycles. The van der Waals surface area contributed by atoms with E-state index in [4.69, 9.17) is 27.9 Å². The molecule has 4 nitrogen and oxygen atoms in total. The fraction of sp³-hybridized carbons (Fsp3) is 0.263. The Morgan fingerprint density at radius 3 is 2.28 bits per heavy atom. The molecular weight excluding hydrogens is 361 g/mol. The number of carbonyl (C=O) groups excluding carboxylic acids is 2. The van der Waals surface area contributed by atoms with Crippen LogP contribution >= 0.6 is 23.2 Å². The number of halogens is 2. The molecule has 2 aromatic rings. The third kappa shape index (κ3) is 5.76. The number of amides is 1. The molecule has 1 atom stereocenters. The van der Waals surface area contributed by atoms with Crippen LogP contribution < -0.4 is 5.32 Å². The van der Waals surface area contributed by atoms with E-state index in [-0.39, 0.29) is 18.7 Å². The second-order valence-electron chi connectivity index (χ2n) is 5.53. The highest BCUT2D eigenvalue weighted by atomic mass is 35.5. The lowest BCUT2D eigenvalue weighted by Crippen LogP contribution is -2.43. The molecule has 0 bridgehead atoms. The highest BCUT2D eigenvalue weighted by Gasteiger charge is 2.24. The van der Waals surface area contributed by atoms with Gasteiger partial charge in [-0.1, -0.05) is 59.6 Å². The van der Waals surface area contributed by atoms with E-state index in [0.29, 0.717) is 22.0 Å². The third-order valence-corrected chi connectivity index (χ3v) is 4.48. The number of hydrogen-bond donors (Lipinski definition) is 1. The SMILES string of the molecule is COC(=O)[C@@H](Cc1c(Cl)cccc1Cl)NC(=O)CCc1ccccc1. The summed E-state index contributed by atoms with van der Waals surface area (Å²) in [5, 5.41) is 3.60. The number of hydrogen-bond acceptors (Lipinski definition) is 3. The summed E-state index contributed by atoms with van der Waals surface area (Å²) in [4.78, 5) is 24.2. The first-order valence-corrected chi connectivity index (χ1v) is 8.61. The number of carbonyl (C=O) groups is 2. The molecule has 0 fully saturated rings. The maximum Gasteiger partial charge on any atom is 0.328 e. The predicted octanol–water partition coefficient (Wildman–Crippen LogP) is 3.83. The molecule has 0 radical (unpaired) electrons. The zero-order valence-corrected chi connectivity index (χ0v) is 15.3. The molecule has 0 spiro atoms. The number of esters is 1.